The maximum atomic E-state index is 5.34. The second-order valence-corrected chi connectivity index (χ2v) is 7.05. The van der Waals surface area contributed by atoms with Crippen LogP contribution >= 0.6 is 0 Å². The van der Waals surface area contributed by atoms with Crippen molar-refractivity contribution >= 4 is 5.82 Å². The minimum Gasteiger partial charge on any atom is -0.353 e. The number of aromatic nitrogens is 4. The monoisotopic (exact) mass is 328 g/mol. The molecule has 1 aliphatic carbocycles. The van der Waals surface area contributed by atoms with Gasteiger partial charge in [0, 0.05) is 38.0 Å². The Morgan fingerprint density at radius 1 is 1.12 bits per heavy atom. The molecule has 0 radical (unpaired) electrons. The normalized spacial score (nSPS) is 19.2. The third-order valence-corrected chi connectivity index (χ3v) is 4.72. The molecule has 0 unspecified atom stereocenters. The van der Waals surface area contributed by atoms with E-state index in [0.29, 0.717) is 17.7 Å². The molecule has 1 saturated heterocycles. The number of hydrogen-bond donors (Lipinski definition) is 0. The molecule has 1 saturated carbocycles. The van der Waals surface area contributed by atoms with Crippen LogP contribution in [0.1, 0.15) is 55.9 Å². The molecule has 0 N–H and O–H groups in total. The van der Waals surface area contributed by atoms with E-state index in [0.717, 1.165) is 50.1 Å². The van der Waals surface area contributed by atoms with Gasteiger partial charge in [-0.15, -0.1) is 5.10 Å². The van der Waals surface area contributed by atoms with Gasteiger partial charge in [0.1, 0.15) is 0 Å². The summed E-state index contributed by atoms with van der Waals surface area (Å²) >= 11 is 0. The van der Waals surface area contributed by atoms with Crippen molar-refractivity contribution < 1.29 is 4.52 Å². The maximum absolute atomic E-state index is 5.34. The SMILES string of the molecule is CC(C)c1noc(CN2CCN(c3ccc(C4CC4)nn3)CC2)n1. The Morgan fingerprint density at radius 3 is 2.50 bits per heavy atom. The molecule has 128 valence electrons. The Morgan fingerprint density at radius 2 is 1.92 bits per heavy atom. The molecule has 1 aliphatic heterocycles. The van der Waals surface area contributed by atoms with Crippen molar-refractivity contribution in [2.75, 3.05) is 31.1 Å². The number of anilines is 1. The van der Waals surface area contributed by atoms with Gasteiger partial charge in [-0.05, 0) is 25.0 Å². The zero-order valence-electron chi connectivity index (χ0n) is 14.4. The average Bonchev–Trinajstić information content (AvgIpc) is 3.35. The zero-order chi connectivity index (χ0) is 16.5. The number of rotatable bonds is 5. The van der Waals surface area contributed by atoms with Crippen LogP contribution in [0.25, 0.3) is 0 Å². The van der Waals surface area contributed by atoms with Crippen LogP contribution in [0.4, 0.5) is 5.82 Å². The summed E-state index contributed by atoms with van der Waals surface area (Å²) < 4.78 is 5.34. The minimum absolute atomic E-state index is 0.302. The van der Waals surface area contributed by atoms with Crippen molar-refractivity contribution in [1.29, 1.82) is 0 Å². The summed E-state index contributed by atoms with van der Waals surface area (Å²) in [5, 5.41) is 12.8. The highest BCUT2D eigenvalue weighted by atomic mass is 16.5. The van der Waals surface area contributed by atoms with Crippen LogP contribution in [0.5, 0.6) is 0 Å². The largest absolute Gasteiger partial charge is 0.353 e. The standard InChI is InChI=1S/C17H24N6O/c1-12(2)17-18-16(24-21-17)11-22-7-9-23(10-8-22)15-6-5-14(19-20-15)13-3-4-13/h5-6,12-13H,3-4,7-11H2,1-2H3. The Balaban J connectivity index is 1.30. The first-order valence-electron chi connectivity index (χ1n) is 8.82. The molecule has 3 heterocycles. The van der Waals surface area contributed by atoms with E-state index in [-0.39, 0.29) is 0 Å². The van der Waals surface area contributed by atoms with Crippen LogP contribution in [-0.4, -0.2) is 51.4 Å². The maximum Gasteiger partial charge on any atom is 0.240 e. The summed E-state index contributed by atoms with van der Waals surface area (Å²) in [5.74, 6) is 3.44. The Bertz CT molecular complexity index is 671. The van der Waals surface area contributed by atoms with Gasteiger partial charge < -0.3 is 9.42 Å². The van der Waals surface area contributed by atoms with Gasteiger partial charge in [0.2, 0.25) is 5.89 Å². The molecule has 4 rings (SSSR count). The molecule has 2 aromatic heterocycles. The van der Waals surface area contributed by atoms with Gasteiger partial charge in [0.25, 0.3) is 0 Å². The van der Waals surface area contributed by atoms with Gasteiger partial charge in [-0.1, -0.05) is 19.0 Å². The van der Waals surface area contributed by atoms with E-state index in [1.54, 1.807) is 0 Å². The fourth-order valence-electron chi connectivity index (χ4n) is 2.99. The molecule has 0 spiro atoms. The lowest BCUT2D eigenvalue weighted by molar-refractivity contribution is 0.215. The van der Waals surface area contributed by atoms with E-state index >= 15 is 0 Å². The molecular weight excluding hydrogens is 304 g/mol. The molecule has 0 bridgehead atoms. The highest BCUT2D eigenvalue weighted by Gasteiger charge is 2.26. The third kappa shape index (κ3) is 3.40. The van der Waals surface area contributed by atoms with Crippen molar-refractivity contribution in [3.05, 3.63) is 29.5 Å². The molecule has 2 aromatic rings. The summed E-state index contributed by atoms with van der Waals surface area (Å²) in [4.78, 5) is 9.10. The van der Waals surface area contributed by atoms with Crippen LogP contribution in [0.2, 0.25) is 0 Å². The predicted molar refractivity (Wildman–Crippen MR) is 89.9 cm³/mol. The topological polar surface area (TPSA) is 71.2 Å². The minimum atomic E-state index is 0.302. The summed E-state index contributed by atoms with van der Waals surface area (Å²) in [6.45, 7) is 8.69. The molecule has 2 aliphatic rings. The lowest BCUT2D eigenvalue weighted by atomic mass is 10.2. The summed E-state index contributed by atoms with van der Waals surface area (Å²) in [6, 6.07) is 4.25. The van der Waals surface area contributed by atoms with Gasteiger partial charge in [0.05, 0.1) is 12.2 Å². The first-order valence-corrected chi connectivity index (χ1v) is 8.82. The van der Waals surface area contributed by atoms with Gasteiger partial charge in [0.15, 0.2) is 11.6 Å². The predicted octanol–water partition coefficient (Wildman–Crippen LogP) is 2.18. The molecule has 2 fully saturated rings. The molecule has 7 heteroatoms. The fraction of sp³-hybridized carbons (Fsp3) is 0.647. The van der Waals surface area contributed by atoms with Crippen molar-refractivity contribution in [2.45, 2.75) is 45.1 Å². The van der Waals surface area contributed by atoms with Crippen LogP contribution < -0.4 is 4.90 Å². The summed E-state index contributed by atoms with van der Waals surface area (Å²) in [7, 11) is 0. The molecule has 0 atom stereocenters. The highest BCUT2D eigenvalue weighted by molar-refractivity contribution is 5.38. The summed E-state index contributed by atoms with van der Waals surface area (Å²) in [6.07, 6.45) is 2.53. The first kappa shape index (κ1) is 15.5. The fourth-order valence-corrected chi connectivity index (χ4v) is 2.99. The van der Waals surface area contributed by atoms with Crippen LogP contribution in [-0.2, 0) is 6.54 Å². The summed E-state index contributed by atoms with van der Waals surface area (Å²) in [5.41, 5.74) is 1.15. The lowest BCUT2D eigenvalue weighted by Crippen LogP contribution is -2.46. The Hall–Kier alpha value is -2.02. The highest BCUT2D eigenvalue weighted by Crippen LogP contribution is 2.38. The van der Waals surface area contributed by atoms with E-state index in [4.69, 9.17) is 4.52 Å². The van der Waals surface area contributed by atoms with E-state index in [1.165, 1.54) is 12.8 Å². The average molecular weight is 328 g/mol. The Labute approximate surface area is 142 Å². The van der Waals surface area contributed by atoms with Crippen molar-refractivity contribution in [1.82, 2.24) is 25.2 Å². The van der Waals surface area contributed by atoms with Crippen molar-refractivity contribution in [2.24, 2.45) is 0 Å². The van der Waals surface area contributed by atoms with E-state index in [1.807, 2.05) is 0 Å². The second kappa shape index (κ2) is 6.47. The quantitative estimate of drug-likeness (QED) is 0.833. The smallest absolute Gasteiger partial charge is 0.240 e. The molecule has 7 nitrogen and oxygen atoms in total. The van der Waals surface area contributed by atoms with E-state index < -0.39 is 0 Å². The lowest BCUT2D eigenvalue weighted by Gasteiger charge is -2.34. The molecule has 0 aromatic carbocycles. The second-order valence-electron chi connectivity index (χ2n) is 7.05. The zero-order valence-corrected chi connectivity index (χ0v) is 14.4. The van der Waals surface area contributed by atoms with E-state index in [2.05, 4.69) is 56.1 Å². The first-order chi connectivity index (χ1) is 11.7. The molecular formula is C17H24N6O. The Kier molecular flexibility index (Phi) is 4.18. The van der Waals surface area contributed by atoms with E-state index in [9.17, 15) is 0 Å². The van der Waals surface area contributed by atoms with Crippen molar-refractivity contribution in [3.8, 4) is 0 Å². The third-order valence-electron chi connectivity index (χ3n) is 4.72. The number of nitrogens with zero attached hydrogens (tertiary/aromatic N) is 6. The van der Waals surface area contributed by atoms with Crippen molar-refractivity contribution in [3.63, 3.8) is 0 Å². The van der Waals surface area contributed by atoms with Gasteiger partial charge in [-0.3, -0.25) is 4.90 Å². The molecule has 24 heavy (non-hydrogen) atoms. The van der Waals surface area contributed by atoms with Crippen LogP contribution in [0.15, 0.2) is 16.7 Å². The number of piperazine rings is 1. The van der Waals surface area contributed by atoms with Gasteiger partial charge in [-0.25, -0.2) is 0 Å². The molecule has 0 amide bonds. The van der Waals surface area contributed by atoms with Gasteiger partial charge >= 0.3 is 0 Å². The van der Waals surface area contributed by atoms with Gasteiger partial charge in [-0.2, -0.15) is 10.1 Å². The van der Waals surface area contributed by atoms with Crippen LogP contribution in [0, 0.1) is 0 Å². The van der Waals surface area contributed by atoms with Crippen LogP contribution in [0.3, 0.4) is 0 Å². The number of hydrogen-bond acceptors (Lipinski definition) is 7.